The molecule has 0 radical (unpaired) electrons. The Labute approximate surface area is 156 Å². The highest BCUT2D eigenvalue weighted by molar-refractivity contribution is 5.91. The second kappa shape index (κ2) is 12.5. The van der Waals surface area contributed by atoms with Crippen LogP contribution in [0.4, 0.5) is 10.5 Å². The smallest absolute Gasteiger partial charge is 0.495 e. The molecular formula is C17H23NO9. The number of amides is 1. The molecule has 1 amide bonds. The topological polar surface area (TPSA) is 119 Å². The predicted molar refractivity (Wildman–Crippen MR) is 92.7 cm³/mol. The highest BCUT2D eigenvalue weighted by Gasteiger charge is 2.18. The average molecular weight is 385 g/mol. The zero-order chi connectivity index (χ0) is 20.1. The number of rotatable bonds is 12. The summed E-state index contributed by atoms with van der Waals surface area (Å²) < 4.78 is 29.6. The van der Waals surface area contributed by atoms with Crippen molar-refractivity contribution in [2.24, 2.45) is 0 Å². The van der Waals surface area contributed by atoms with Gasteiger partial charge in [0.25, 0.3) is 0 Å². The Morgan fingerprint density at radius 2 is 1.85 bits per heavy atom. The van der Waals surface area contributed by atoms with E-state index in [9.17, 15) is 14.4 Å². The van der Waals surface area contributed by atoms with E-state index in [2.05, 4.69) is 5.32 Å². The first kappa shape index (κ1) is 22.2. The molecule has 0 saturated heterocycles. The van der Waals surface area contributed by atoms with E-state index in [1.807, 2.05) is 0 Å². The highest BCUT2D eigenvalue weighted by Crippen LogP contribution is 2.25. The molecule has 10 heteroatoms. The fraction of sp³-hybridized carbons (Fsp3) is 0.471. The molecule has 10 nitrogen and oxygen atoms in total. The molecule has 1 unspecified atom stereocenters. The summed E-state index contributed by atoms with van der Waals surface area (Å²) in [5, 5.41) is 2.43. The van der Waals surface area contributed by atoms with Crippen LogP contribution < -0.4 is 10.1 Å². The summed E-state index contributed by atoms with van der Waals surface area (Å²) in [6.07, 6.45) is -1.67. The highest BCUT2D eigenvalue weighted by atomic mass is 16.8. The molecule has 0 aliphatic heterocycles. The number of hydrogen-bond acceptors (Lipinski definition) is 9. The third kappa shape index (κ3) is 8.38. The van der Waals surface area contributed by atoms with Crippen LogP contribution in [0, 0.1) is 0 Å². The number of ether oxygens (including phenoxy) is 6. The van der Waals surface area contributed by atoms with Gasteiger partial charge in [0.05, 0.1) is 38.2 Å². The van der Waals surface area contributed by atoms with Gasteiger partial charge in [-0.1, -0.05) is 0 Å². The zero-order valence-corrected chi connectivity index (χ0v) is 15.4. The van der Waals surface area contributed by atoms with Crippen molar-refractivity contribution in [2.45, 2.75) is 13.2 Å². The summed E-state index contributed by atoms with van der Waals surface area (Å²) in [6.45, 7) is 2.37. The molecule has 1 aromatic rings. The Balaban J connectivity index is 2.43. The van der Waals surface area contributed by atoms with Crippen LogP contribution >= 0.6 is 0 Å². The minimum atomic E-state index is -1.17. The van der Waals surface area contributed by atoms with E-state index >= 15 is 0 Å². The summed E-state index contributed by atoms with van der Waals surface area (Å²) >= 11 is 0. The standard InChI is InChI=1S/C17H23NO9/c1-12(27-17(21)25-9-8-24-7-6-22-2)26-16(20)13-4-5-14(18-11-19)15(10-13)23-3/h4-5,10-12H,6-9H2,1-3H3,(H,18,19). The van der Waals surface area contributed by atoms with Gasteiger partial charge in [0.2, 0.25) is 12.7 Å². The van der Waals surface area contributed by atoms with E-state index in [-0.39, 0.29) is 24.5 Å². The fourth-order valence-electron chi connectivity index (χ4n) is 1.84. The van der Waals surface area contributed by atoms with Crippen LogP contribution in [0.3, 0.4) is 0 Å². The minimum absolute atomic E-state index is 0.00833. The Kier molecular flexibility index (Phi) is 10.3. The maximum atomic E-state index is 12.1. The van der Waals surface area contributed by atoms with Gasteiger partial charge in [0, 0.05) is 14.0 Å². The number of esters is 1. The Morgan fingerprint density at radius 1 is 1.11 bits per heavy atom. The van der Waals surface area contributed by atoms with E-state index in [4.69, 9.17) is 28.4 Å². The molecule has 0 fully saturated rings. The summed E-state index contributed by atoms with van der Waals surface area (Å²) in [5.41, 5.74) is 0.545. The first-order valence-corrected chi connectivity index (χ1v) is 8.01. The second-order valence-corrected chi connectivity index (χ2v) is 4.97. The number of nitrogens with one attached hydrogen (secondary N) is 1. The molecule has 1 rings (SSSR count). The van der Waals surface area contributed by atoms with Crippen molar-refractivity contribution in [3.8, 4) is 5.75 Å². The van der Waals surface area contributed by atoms with Crippen molar-refractivity contribution in [1.82, 2.24) is 0 Å². The Hall–Kier alpha value is -2.85. The Morgan fingerprint density at radius 3 is 2.52 bits per heavy atom. The van der Waals surface area contributed by atoms with Crippen molar-refractivity contribution in [1.29, 1.82) is 0 Å². The predicted octanol–water partition coefficient (Wildman–Crippen LogP) is 1.58. The average Bonchev–Trinajstić information content (AvgIpc) is 2.64. The quantitative estimate of drug-likeness (QED) is 0.247. The molecule has 0 aliphatic rings. The summed E-state index contributed by atoms with van der Waals surface area (Å²) in [7, 11) is 2.94. The molecule has 0 aliphatic carbocycles. The lowest BCUT2D eigenvalue weighted by Gasteiger charge is -2.15. The molecule has 0 aromatic heterocycles. The van der Waals surface area contributed by atoms with E-state index < -0.39 is 18.4 Å². The first-order chi connectivity index (χ1) is 13.0. The number of anilines is 1. The monoisotopic (exact) mass is 385 g/mol. The van der Waals surface area contributed by atoms with Gasteiger partial charge in [-0.25, -0.2) is 9.59 Å². The number of carbonyl (C=O) groups excluding carboxylic acids is 3. The number of benzene rings is 1. The fourth-order valence-corrected chi connectivity index (χ4v) is 1.84. The number of hydrogen-bond donors (Lipinski definition) is 1. The minimum Gasteiger partial charge on any atom is -0.495 e. The molecule has 0 saturated carbocycles. The second-order valence-electron chi connectivity index (χ2n) is 4.97. The third-order valence-electron chi connectivity index (χ3n) is 3.07. The first-order valence-electron chi connectivity index (χ1n) is 8.01. The normalized spacial score (nSPS) is 11.2. The molecule has 0 heterocycles. The maximum absolute atomic E-state index is 12.1. The molecule has 0 spiro atoms. The van der Waals surface area contributed by atoms with Crippen LogP contribution in [0.15, 0.2) is 18.2 Å². The van der Waals surface area contributed by atoms with Crippen molar-refractivity contribution < 1.29 is 42.8 Å². The van der Waals surface area contributed by atoms with Crippen molar-refractivity contribution in [2.75, 3.05) is 46.0 Å². The van der Waals surface area contributed by atoms with E-state index in [1.165, 1.54) is 32.2 Å². The Bertz CT molecular complexity index is 620. The number of carbonyl (C=O) groups is 3. The lowest BCUT2D eigenvalue weighted by atomic mass is 10.2. The van der Waals surface area contributed by atoms with Gasteiger partial charge in [-0.2, -0.15) is 0 Å². The van der Waals surface area contributed by atoms with Crippen LogP contribution in [0.5, 0.6) is 5.75 Å². The van der Waals surface area contributed by atoms with Crippen LogP contribution in [-0.4, -0.2) is 65.5 Å². The molecule has 1 aromatic carbocycles. The van der Waals surface area contributed by atoms with Gasteiger partial charge in [-0.15, -0.1) is 0 Å². The van der Waals surface area contributed by atoms with Gasteiger partial charge in [-0.3, -0.25) is 4.79 Å². The zero-order valence-electron chi connectivity index (χ0n) is 15.4. The molecular weight excluding hydrogens is 362 g/mol. The van der Waals surface area contributed by atoms with E-state index in [1.54, 1.807) is 7.11 Å². The SMILES string of the molecule is COCCOCCOC(=O)OC(C)OC(=O)c1ccc(NC=O)c(OC)c1. The van der Waals surface area contributed by atoms with Gasteiger partial charge in [0.15, 0.2) is 0 Å². The largest absolute Gasteiger partial charge is 0.511 e. The summed E-state index contributed by atoms with van der Waals surface area (Å²) in [6, 6.07) is 4.29. The van der Waals surface area contributed by atoms with Crippen LogP contribution in [-0.2, 0) is 28.5 Å². The van der Waals surface area contributed by atoms with Gasteiger partial charge < -0.3 is 33.7 Å². The molecule has 1 N–H and O–H groups in total. The van der Waals surface area contributed by atoms with Crippen molar-refractivity contribution in [3.63, 3.8) is 0 Å². The third-order valence-corrected chi connectivity index (χ3v) is 3.07. The molecule has 0 bridgehead atoms. The van der Waals surface area contributed by atoms with Gasteiger partial charge in [0.1, 0.15) is 12.4 Å². The van der Waals surface area contributed by atoms with E-state index in [0.29, 0.717) is 25.3 Å². The maximum Gasteiger partial charge on any atom is 0.511 e. The van der Waals surface area contributed by atoms with Gasteiger partial charge in [-0.05, 0) is 18.2 Å². The van der Waals surface area contributed by atoms with Crippen molar-refractivity contribution in [3.05, 3.63) is 23.8 Å². The van der Waals surface area contributed by atoms with E-state index in [0.717, 1.165) is 0 Å². The van der Waals surface area contributed by atoms with Crippen LogP contribution in [0.2, 0.25) is 0 Å². The lowest BCUT2D eigenvalue weighted by Crippen LogP contribution is -2.23. The number of methoxy groups -OCH3 is 2. The van der Waals surface area contributed by atoms with Gasteiger partial charge >= 0.3 is 12.1 Å². The molecule has 150 valence electrons. The van der Waals surface area contributed by atoms with Crippen molar-refractivity contribution >= 4 is 24.2 Å². The van der Waals surface area contributed by atoms with Crippen LogP contribution in [0.1, 0.15) is 17.3 Å². The summed E-state index contributed by atoms with van der Waals surface area (Å²) in [5.74, 6) is -0.466. The molecule has 1 atom stereocenters. The van der Waals surface area contributed by atoms with Crippen LogP contribution in [0.25, 0.3) is 0 Å². The molecule has 27 heavy (non-hydrogen) atoms. The summed E-state index contributed by atoms with van der Waals surface area (Å²) in [4.78, 5) is 34.1. The lowest BCUT2D eigenvalue weighted by molar-refractivity contribution is -0.105.